The number of thiophene rings is 1. The lowest BCUT2D eigenvalue weighted by Gasteiger charge is -2.23. The van der Waals surface area contributed by atoms with E-state index in [-0.39, 0.29) is 11.8 Å². The number of carbonyl (C=O) groups excluding carboxylic acids is 2. The molecule has 1 atom stereocenters. The largest absolute Gasteiger partial charge is 0.326 e. The summed E-state index contributed by atoms with van der Waals surface area (Å²) in [4.78, 5) is 27.0. The number of amides is 2. The van der Waals surface area contributed by atoms with Gasteiger partial charge in [0.05, 0.1) is 4.88 Å². The molecule has 0 bridgehead atoms. The van der Waals surface area contributed by atoms with Crippen LogP contribution in [0.4, 0.5) is 10.1 Å². The van der Waals surface area contributed by atoms with Gasteiger partial charge < -0.3 is 10.2 Å². The molecule has 0 radical (unpaired) electrons. The fraction of sp³-hybridized carbons (Fsp3) is 0.250. The summed E-state index contributed by atoms with van der Waals surface area (Å²) in [5, 5.41) is 4.52. The Labute approximate surface area is 131 Å². The maximum absolute atomic E-state index is 13.2. The van der Waals surface area contributed by atoms with Gasteiger partial charge in [-0.2, -0.15) is 0 Å². The Balaban J connectivity index is 1.72. The molecule has 0 saturated carbocycles. The Morgan fingerprint density at radius 2 is 2.14 bits per heavy atom. The monoisotopic (exact) mass is 318 g/mol. The lowest BCUT2D eigenvalue weighted by molar-refractivity contribution is -0.119. The second-order valence-electron chi connectivity index (χ2n) is 5.13. The summed E-state index contributed by atoms with van der Waals surface area (Å²) >= 11 is 1.37. The van der Waals surface area contributed by atoms with Crippen LogP contribution in [0.1, 0.15) is 22.5 Å². The molecule has 114 valence electrons. The first-order valence-corrected chi connectivity index (χ1v) is 7.94. The van der Waals surface area contributed by atoms with E-state index in [0.717, 1.165) is 6.42 Å². The lowest BCUT2D eigenvalue weighted by Crippen LogP contribution is -2.42. The third-order valence-electron chi connectivity index (χ3n) is 3.64. The number of rotatable bonds is 3. The zero-order valence-electron chi connectivity index (χ0n) is 11.8. The highest BCUT2D eigenvalue weighted by Crippen LogP contribution is 2.23. The summed E-state index contributed by atoms with van der Waals surface area (Å²) in [7, 11) is 0. The maximum Gasteiger partial charge on any atom is 0.264 e. The molecular formula is C16H15FN2O2S. The van der Waals surface area contributed by atoms with Gasteiger partial charge in [-0.15, -0.1) is 11.3 Å². The van der Waals surface area contributed by atoms with Crippen molar-refractivity contribution >= 4 is 28.8 Å². The van der Waals surface area contributed by atoms with Gasteiger partial charge in [-0.1, -0.05) is 12.1 Å². The van der Waals surface area contributed by atoms with Crippen LogP contribution in [0.3, 0.4) is 0 Å². The van der Waals surface area contributed by atoms with Crippen molar-refractivity contribution < 1.29 is 14.0 Å². The molecule has 1 aromatic carbocycles. The molecule has 0 spiro atoms. The predicted octanol–water partition coefficient (Wildman–Crippen LogP) is 3.13. The van der Waals surface area contributed by atoms with Crippen molar-refractivity contribution in [1.82, 2.24) is 4.90 Å². The molecule has 2 aromatic rings. The van der Waals surface area contributed by atoms with Crippen molar-refractivity contribution in [3.8, 4) is 0 Å². The molecule has 2 heterocycles. The fourth-order valence-electron chi connectivity index (χ4n) is 2.62. The van der Waals surface area contributed by atoms with Crippen LogP contribution in [0.2, 0.25) is 0 Å². The van der Waals surface area contributed by atoms with Crippen LogP contribution in [-0.4, -0.2) is 29.3 Å². The van der Waals surface area contributed by atoms with Gasteiger partial charge >= 0.3 is 0 Å². The number of hydrogen-bond acceptors (Lipinski definition) is 3. The first-order chi connectivity index (χ1) is 10.6. The highest BCUT2D eigenvalue weighted by Gasteiger charge is 2.34. The van der Waals surface area contributed by atoms with E-state index in [9.17, 15) is 14.0 Å². The van der Waals surface area contributed by atoms with E-state index in [0.29, 0.717) is 23.5 Å². The topological polar surface area (TPSA) is 49.4 Å². The van der Waals surface area contributed by atoms with E-state index < -0.39 is 11.9 Å². The minimum Gasteiger partial charge on any atom is -0.326 e. The van der Waals surface area contributed by atoms with Crippen molar-refractivity contribution in [3.63, 3.8) is 0 Å². The molecule has 2 amide bonds. The molecule has 3 rings (SSSR count). The zero-order chi connectivity index (χ0) is 15.5. The van der Waals surface area contributed by atoms with Crippen molar-refractivity contribution in [1.29, 1.82) is 0 Å². The Morgan fingerprint density at radius 3 is 2.86 bits per heavy atom. The standard InChI is InChI=1S/C16H15FN2O2S/c17-11-4-1-5-12(10-11)18-15(20)13-6-2-8-19(13)16(21)14-7-3-9-22-14/h1,3-5,7,9-10,13H,2,6,8H2,(H,18,20). The molecule has 0 aliphatic carbocycles. The Bertz CT molecular complexity index is 687. The van der Waals surface area contributed by atoms with Gasteiger partial charge in [0.15, 0.2) is 0 Å². The highest BCUT2D eigenvalue weighted by atomic mass is 32.1. The van der Waals surface area contributed by atoms with Crippen molar-refractivity contribution in [2.24, 2.45) is 0 Å². The van der Waals surface area contributed by atoms with Crippen LogP contribution in [0.25, 0.3) is 0 Å². The van der Waals surface area contributed by atoms with Gasteiger partial charge in [-0.25, -0.2) is 4.39 Å². The third-order valence-corrected chi connectivity index (χ3v) is 4.50. The van der Waals surface area contributed by atoms with E-state index in [1.54, 1.807) is 17.0 Å². The van der Waals surface area contributed by atoms with Crippen molar-refractivity contribution in [2.75, 3.05) is 11.9 Å². The predicted molar refractivity (Wildman–Crippen MR) is 83.4 cm³/mol. The quantitative estimate of drug-likeness (QED) is 0.945. The van der Waals surface area contributed by atoms with Gasteiger partial charge in [-0.3, -0.25) is 9.59 Å². The number of anilines is 1. The van der Waals surface area contributed by atoms with Crippen LogP contribution in [-0.2, 0) is 4.79 Å². The summed E-state index contributed by atoms with van der Waals surface area (Å²) in [6.45, 7) is 0.567. The molecule has 22 heavy (non-hydrogen) atoms. The number of nitrogens with one attached hydrogen (secondary N) is 1. The van der Waals surface area contributed by atoms with Crippen LogP contribution in [0.15, 0.2) is 41.8 Å². The first kappa shape index (κ1) is 14.7. The molecule has 1 fully saturated rings. The average Bonchev–Trinajstić information content (AvgIpc) is 3.18. The Morgan fingerprint density at radius 1 is 1.27 bits per heavy atom. The molecule has 1 aliphatic rings. The molecule has 1 aromatic heterocycles. The van der Waals surface area contributed by atoms with Gasteiger partial charge in [0, 0.05) is 12.2 Å². The van der Waals surface area contributed by atoms with Crippen LogP contribution < -0.4 is 5.32 Å². The minimum absolute atomic E-state index is 0.119. The molecule has 4 nitrogen and oxygen atoms in total. The normalized spacial score (nSPS) is 17.5. The van der Waals surface area contributed by atoms with Crippen LogP contribution in [0, 0.1) is 5.82 Å². The molecular weight excluding hydrogens is 303 g/mol. The summed E-state index contributed by atoms with van der Waals surface area (Å²) in [5.74, 6) is -0.796. The number of halogens is 1. The van der Waals surface area contributed by atoms with Gasteiger partial charge in [0.1, 0.15) is 11.9 Å². The van der Waals surface area contributed by atoms with Crippen molar-refractivity contribution in [2.45, 2.75) is 18.9 Å². The summed E-state index contributed by atoms with van der Waals surface area (Å²) in [6, 6.07) is 8.81. The molecule has 1 N–H and O–H groups in total. The number of likely N-dealkylation sites (tertiary alicyclic amines) is 1. The number of benzene rings is 1. The third kappa shape index (κ3) is 3.01. The molecule has 1 saturated heterocycles. The van der Waals surface area contributed by atoms with E-state index in [1.165, 1.54) is 29.5 Å². The van der Waals surface area contributed by atoms with Gasteiger partial charge in [0.25, 0.3) is 5.91 Å². The summed E-state index contributed by atoms with van der Waals surface area (Å²) < 4.78 is 13.2. The van der Waals surface area contributed by atoms with E-state index in [2.05, 4.69) is 5.32 Å². The fourth-order valence-corrected chi connectivity index (χ4v) is 3.29. The SMILES string of the molecule is O=C(Nc1cccc(F)c1)C1CCCN1C(=O)c1cccs1. The molecule has 6 heteroatoms. The summed E-state index contributed by atoms with van der Waals surface area (Å²) in [6.07, 6.45) is 1.41. The van der Waals surface area contributed by atoms with E-state index >= 15 is 0 Å². The molecule has 1 unspecified atom stereocenters. The second-order valence-corrected chi connectivity index (χ2v) is 6.08. The molecule has 1 aliphatic heterocycles. The number of nitrogens with zero attached hydrogens (tertiary/aromatic N) is 1. The lowest BCUT2D eigenvalue weighted by atomic mass is 10.2. The van der Waals surface area contributed by atoms with Crippen molar-refractivity contribution in [3.05, 3.63) is 52.5 Å². The Kier molecular flexibility index (Phi) is 4.20. The van der Waals surface area contributed by atoms with E-state index in [4.69, 9.17) is 0 Å². The number of carbonyl (C=O) groups is 2. The first-order valence-electron chi connectivity index (χ1n) is 7.06. The Hall–Kier alpha value is -2.21. The summed E-state index contributed by atoms with van der Waals surface area (Å²) in [5.41, 5.74) is 0.403. The van der Waals surface area contributed by atoms with Gasteiger partial charge in [-0.05, 0) is 42.5 Å². The van der Waals surface area contributed by atoms with Crippen LogP contribution >= 0.6 is 11.3 Å². The smallest absolute Gasteiger partial charge is 0.264 e. The maximum atomic E-state index is 13.2. The van der Waals surface area contributed by atoms with Gasteiger partial charge in [0.2, 0.25) is 5.91 Å². The average molecular weight is 318 g/mol. The van der Waals surface area contributed by atoms with Crippen LogP contribution in [0.5, 0.6) is 0 Å². The van der Waals surface area contributed by atoms with E-state index in [1.807, 2.05) is 11.4 Å². The highest BCUT2D eigenvalue weighted by molar-refractivity contribution is 7.12. The zero-order valence-corrected chi connectivity index (χ0v) is 12.6. The second kappa shape index (κ2) is 6.27. The number of hydrogen-bond donors (Lipinski definition) is 1. The minimum atomic E-state index is -0.502.